The maximum absolute atomic E-state index is 13.5. The van der Waals surface area contributed by atoms with Crippen LogP contribution >= 0.6 is 0 Å². The second kappa shape index (κ2) is 9.41. The first kappa shape index (κ1) is 22.9. The largest absolute Gasteiger partial charge is 0.490 e. The summed E-state index contributed by atoms with van der Waals surface area (Å²) < 4.78 is 12.0. The number of nitrogens with zero attached hydrogens (tertiary/aromatic N) is 1. The SMILES string of the molecule is CCOc1cc(C(CC(N)=O)N2C(=O)c3cc4ccccc4cc3C2=O)ccc1OC1CCCC1. The summed E-state index contributed by atoms with van der Waals surface area (Å²) in [5.41, 5.74) is 6.81. The first-order chi connectivity index (χ1) is 17.0. The number of benzene rings is 3. The minimum absolute atomic E-state index is 0.145. The van der Waals surface area contributed by atoms with E-state index in [4.69, 9.17) is 15.2 Å². The van der Waals surface area contributed by atoms with Gasteiger partial charge in [0.25, 0.3) is 11.8 Å². The molecule has 35 heavy (non-hydrogen) atoms. The Labute approximate surface area is 203 Å². The summed E-state index contributed by atoms with van der Waals surface area (Å²) >= 11 is 0. The number of rotatable bonds is 8. The van der Waals surface area contributed by atoms with Gasteiger partial charge in [0.05, 0.1) is 36.3 Å². The molecule has 5 rings (SSSR count). The molecule has 1 heterocycles. The van der Waals surface area contributed by atoms with Gasteiger partial charge in [0.15, 0.2) is 11.5 Å². The minimum Gasteiger partial charge on any atom is -0.490 e. The lowest BCUT2D eigenvalue weighted by atomic mass is 10.0. The molecule has 1 atom stereocenters. The third-order valence-electron chi connectivity index (χ3n) is 6.74. The highest BCUT2D eigenvalue weighted by molar-refractivity contribution is 6.23. The van der Waals surface area contributed by atoms with E-state index in [0.29, 0.717) is 34.8 Å². The Balaban J connectivity index is 1.53. The van der Waals surface area contributed by atoms with E-state index in [2.05, 4.69) is 0 Å². The van der Waals surface area contributed by atoms with E-state index in [1.807, 2.05) is 31.2 Å². The summed E-state index contributed by atoms with van der Waals surface area (Å²) in [6.45, 7) is 2.30. The Morgan fingerprint density at radius 2 is 1.60 bits per heavy atom. The molecule has 7 heteroatoms. The van der Waals surface area contributed by atoms with Crippen molar-refractivity contribution in [2.75, 3.05) is 6.61 Å². The van der Waals surface area contributed by atoms with E-state index < -0.39 is 23.8 Å². The van der Waals surface area contributed by atoms with E-state index in [1.165, 1.54) is 0 Å². The fourth-order valence-electron chi connectivity index (χ4n) is 5.06. The smallest absolute Gasteiger partial charge is 0.262 e. The van der Waals surface area contributed by atoms with E-state index in [1.54, 1.807) is 30.3 Å². The maximum Gasteiger partial charge on any atom is 0.262 e. The lowest BCUT2D eigenvalue weighted by molar-refractivity contribution is -0.118. The van der Waals surface area contributed by atoms with Gasteiger partial charge in [-0.1, -0.05) is 30.3 Å². The molecule has 0 radical (unpaired) electrons. The molecule has 0 aromatic heterocycles. The molecule has 3 aromatic carbocycles. The molecule has 0 saturated heterocycles. The van der Waals surface area contributed by atoms with Crippen molar-refractivity contribution in [3.05, 3.63) is 71.3 Å². The maximum atomic E-state index is 13.5. The molecular formula is C28H28N2O5. The number of fused-ring (bicyclic) bond motifs is 2. The van der Waals surface area contributed by atoms with Crippen molar-refractivity contribution in [3.8, 4) is 11.5 Å². The average Bonchev–Trinajstić information content (AvgIpc) is 3.44. The molecule has 0 bridgehead atoms. The minimum atomic E-state index is -0.859. The van der Waals surface area contributed by atoms with Gasteiger partial charge >= 0.3 is 0 Å². The first-order valence-electron chi connectivity index (χ1n) is 12.1. The number of carbonyl (C=O) groups excluding carboxylic acids is 3. The highest BCUT2D eigenvalue weighted by atomic mass is 16.5. The molecule has 0 spiro atoms. The van der Waals surface area contributed by atoms with Crippen molar-refractivity contribution in [1.29, 1.82) is 0 Å². The standard InChI is InChI=1S/C28H28N2O5/c1-2-34-25-15-19(11-12-24(25)35-20-9-5-6-10-20)23(16-26(29)31)30-27(32)21-13-17-7-3-4-8-18(17)14-22(21)28(30)33/h3-4,7-8,11-15,20,23H,2,5-6,9-10,16H2,1H3,(H2,29,31). The monoisotopic (exact) mass is 472 g/mol. The van der Waals surface area contributed by atoms with Crippen LogP contribution in [-0.4, -0.2) is 35.3 Å². The Bertz CT molecular complexity index is 1260. The Hall–Kier alpha value is -3.87. The molecule has 3 amide bonds. The molecule has 7 nitrogen and oxygen atoms in total. The van der Waals surface area contributed by atoms with Gasteiger partial charge in [0.1, 0.15) is 0 Å². The molecule has 3 aromatic rings. The zero-order valence-corrected chi connectivity index (χ0v) is 19.7. The van der Waals surface area contributed by atoms with Crippen LogP contribution in [0.25, 0.3) is 10.8 Å². The van der Waals surface area contributed by atoms with Crippen molar-refractivity contribution in [3.63, 3.8) is 0 Å². The van der Waals surface area contributed by atoms with Gasteiger partial charge in [-0.05, 0) is 73.2 Å². The predicted molar refractivity (Wildman–Crippen MR) is 131 cm³/mol. The summed E-state index contributed by atoms with van der Waals surface area (Å²) in [4.78, 5) is 40.1. The number of ether oxygens (including phenoxy) is 2. The zero-order chi connectivity index (χ0) is 24.5. The summed E-state index contributed by atoms with van der Waals surface area (Å²) in [6.07, 6.45) is 4.23. The van der Waals surface area contributed by atoms with Crippen LogP contribution in [-0.2, 0) is 4.79 Å². The Kier molecular flexibility index (Phi) is 6.16. The Morgan fingerprint density at radius 3 is 2.17 bits per heavy atom. The molecule has 1 aliphatic carbocycles. The van der Waals surface area contributed by atoms with Gasteiger partial charge in [0, 0.05) is 0 Å². The van der Waals surface area contributed by atoms with Crippen LogP contribution in [0.1, 0.15) is 71.3 Å². The number of hydrogen-bond acceptors (Lipinski definition) is 5. The van der Waals surface area contributed by atoms with Crippen molar-refractivity contribution >= 4 is 28.5 Å². The number of primary amides is 1. The second-order valence-electron chi connectivity index (χ2n) is 9.07. The lowest BCUT2D eigenvalue weighted by Crippen LogP contribution is -2.36. The molecule has 1 fully saturated rings. The molecule has 1 saturated carbocycles. The van der Waals surface area contributed by atoms with Crippen molar-refractivity contribution in [1.82, 2.24) is 4.90 Å². The number of nitrogens with two attached hydrogens (primary N) is 1. The van der Waals surface area contributed by atoms with Crippen LogP contribution in [0.4, 0.5) is 0 Å². The van der Waals surface area contributed by atoms with Crippen LogP contribution in [0.5, 0.6) is 11.5 Å². The topological polar surface area (TPSA) is 98.9 Å². The van der Waals surface area contributed by atoms with Gasteiger partial charge in [-0.2, -0.15) is 0 Å². The lowest BCUT2D eigenvalue weighted by Gasteiger charge is -2.27. The van der Waals surface area contributed by atoms with E-state index in [0.717, 1.165) is 41.4 Å². The van der Waals surface area contributed by atoms with Gasteiger partial charge in [0.2, 0.25) is 5.91 Å². The highest BCUT2D eigenvalue weighted by Crippen LogP contribution is 2.39. The number of imide groups is 1. The number of carbonyl (C=O) groups is 3. The van der Waals surface area contributed by atoms with Crippen LogP contribution in [0.2, 0.25) is 0 Å². The molecule has 180 valence electrons. The number of amides is 3. The van der Waals surface area contributed by atoms with Crippen molar-refractivity contribution in [2.24, 2.45) is 5.73 Å². The molecule has 2 N–H and O–H groups in total. The van der Waals surface area contributed by atoms with E-state index >= 15 is 0 Å². The fourth-order valence-corrected chi connectivity index (χ4v) is 5.06. The quantitative estimate of drug-likeness (QED) is 0.476. The molecule has 2 aliphatic rings. The van der Waals surface area contributed by atoms with Gasteiger partial charge in [-0.25, -0.2) is 0 Å². The van der Waals surface area contributed by atoms with Gasteiger partial charge < -0.3 is 15.2 Å². The predicted octanol–water partition coefficient (Wildman–Crippen LogP) is 4.77. The average molecular weight is 473 g/mol. The van der Waals surface area contributed by atoms with Crippen molar-refractivity contribution in [2.45, 2.75) is 51.2 Å². The fraction of sp³-hybridized carbons (Fsp3) is 0.321. The summed E-state index contributed by atoms with van der Waals surface area (Å²) in [6, 6.07) is 15.5. The number of hydrogen-bond donors (Lipinski definition) is 1. The first-order valence-corrected chi connectivity index (χ1v) is 12.1. The van der Waals surface area contributed by atoms with E-state index in [9.17, 15) is 14.4 Å². The summed E-state index contributed by atoms with van der Waals surface area (Å²) in [5, 5.41) is 1.74. The van der Waals surface area contributed by atoms with Gasteiger partial charge in [-0.3, -0.25) is 19.3 Å². The zero-order valence-electron chi connectivity index (χ0n) is 19.7. The van der Waals surface area contributed by atoms with Gasteiger partial charge in [-0.15, -0.1) is 0 Å². The van der Waals surface area contributed by atoms with Crippen LogP contribution in [0.15, 0.2) is 54.6 Å². The molecule has 1 aliphatic heterocycles. The molecular weight excluding hydrogens is 444 g/mol. The summed E-state index contributed by atoms with van der Waals surface area (Å²) in [5.74, 6) is -0.346. The van der Waals surface area contributed by atoms with Crippen molar-refractivity contribution < 1.29 is 23.9 Å². The van der Waals surface area contributed by atoms with Crippen LogP contribution in [0, 0.1) is 0 Å². The Morgan fingerprint density at radius 1 is 0.971 bits per heavy atom. The van der Waals surface area contributed by atoms with Crippen LogP contribution < -0.4 is 15.2 Å². The van der Waals surface area contributed by atoms with Crippen LogP contribution in [0.3, 0.4) is 0 Å². The third-order valence-corrected chi connectivity index (χ3v) is 6.74. The molecule has 1 unspecified atom stereocenters. The third kappa shape index (κ3) is 4.34. The summed E-state index contributed by atoms with van der Waals surface area (Å²) in [7, 11) is 0. The normalized spacial score (nSPS) is 16.5. The van der Waals surface area contributed by atoms with E-state index in [-0.39, 0.29) is 12.5 Å². The second-order valence-corrected chi connectivity index (χ2v) is 9.07. The highest BCUT2D eigenvalue weighted by Gasteiger charge is 2.41.